The maximum absolute atomic E-state index is 12.4. The average molecular weight is 283 g/mol. The summed E-state index contributed by atoms with van der Waals surface area (Å²) in [6, 6.07) is 7.19. The molecule has 0 unspecified atom stereocenters. The molecule has 0 saturated heterocycles. The molecule has 4 nitrogen and oxygen atoms in total. The van der Waals surface area contributed by atoms with Crippen molar-refractivity contribution >= 4 is 11.9 Å². The maximum atomic E-state index is 12.4. The van der Waals surface area contributed by atoms with Crippen LogP contribution in [0.3, 0.4) is 0 Å². The number of aromatic nitrogens is 1. The molecule has 0 atom stereocenters. The van der Waals surface area contributed by atoms with Crippen LogP contribution in [0.1, 0.15) is 21.5 Å². The number of hydrogen-bond donors (Lipinski definition) is 0. The highest BCUT2D eigenvalue weighted by Crippen LogP contribution is 2.29. The van der Waals surface area contributed by atoms with Gasteiger partial charge in [0.05, 0.1) is 19.8 Å². The maximum Gasteiger partial charge on any atom is 0.189 e. The summed E-state index contributed by atoms with van der Waals surface area (Å²) in [5, 5.41) is 0. The molecule has 0 aliphatic heterocycles. The lowest BCUT2D eigenvalue weighted by atomic mass is 10.0. The van der Waals surface area contributed by atoms with Gasteiger partial charge in [-0.15, -0.1) is 0 Å². The molecule has 1 heterocycles. The normalized spacial score (nSPS) is 10.6. The number of hydrogen-bond acceptors (Lipinski definition) is 4. The molecule has 108 valence electrons. The van der Waals surface area contributed by atoms with E-state index in [9.17, 15) is 4.79 Å². The highest BCUT2D eigenvalue weighted by Gasteiger charge is 2.14. The van der Waals surface area contributed by atoms with Gasteiger partial charge in [-0.1, -0.05) is 6.08 Å². The number of carbonyl (C=O) groups excluding carboxylic acids is 1. The van der Waals surface area contributed by atoms with Crippen LogP contribution in [-0.2, 0) is 0 Å². The summed E-state index contributed by atoms with van der Waals surface area (Å²) in [5.74, 6) is 1.07. The van der Waals surface area contributed by atoms with E-state index in [1.54, 1.807) is 31.6 Å². The van der Waals surface area contributed by atoms with Crippen molar-refractivity contribution in [3.63, 3.8) is 0 Å². The second-order valence-electron chi connectivity index (χ2n) is 4.50. The van der Waals surface area contributed by atoms with Crippen molar-refractivity contribution in [1.82, 2.24) is 4.98 Å². The number of ether oxygens (including phenoxy) is 2. The van der Waals surface area contributed by atoms with Crippen molar-refractivity contribution in [3.05, 3.63) is 59.4 Å². The fourth-order valence-corrected chi connectivity index (χ4v) is 2.05. The van der Waals surface area contributed by atoms with E-state index in [1.807, 2.05) is 25.1 Å². The number of ketones is 1. The zero-order chi connectivity index (χ0) is 15.2. The van der Waals surface area contributed by atoms with Crippen LogP contribution < -0.4 is 9.47 Å². The van der Waals surface area contributed by atoms with Gasteiger partial charge in [0.1, 0.15) is 11.5 Å². The van der Waals surface area contributed by atoms with E-state index < -0.39 is 0 Å². The molecule has 1 aromatic carbocycles. The van der Waals surface area contributed by atoms with E-state index in [0.29, 0.717) is 17.1 Å². The first-order valence-electron chi connectivity index (χ1n) is 6.50. The molecule has 0 bridgehead atoms. The number of carbonyl (C=O) groups is 1. The van der Waals surface area contributed by atoms with Crippen molar-refractivity contribution in [3.8, 4) is 11.5 Å². The second kappa shape index (κ2) is 6.70. The Kier molecular flexibility index (Phi) is 4.72. The lowest BCUT2D eigenvalue weighted by Gasteiger charge is -2.11. The van der Waals surface area contributed by atoms with Gasteiger partial charge in [-0.05, 0) is 42.3 Å². The highest BCUT2D eigenvalue weighted by atomic mass is 16.5. The molecule has 0 aliphatic carbocycles. The zero-order valence-electron chi connectivity index (χ0n) is 12.3. The number of benzene rings is 1. The van der Waals surface area contributed by atoms with Crippen molar-refractivity contribution in [1.29, 1.82) is 0 Å². The topological polar surface area (TPSA) is 48.4 Å². The molecule has 0 saturated carbocycles. The van der Waals surface area contributed by atoms with Crippen molar-refractivity contribution in [2.24, 2.45) is 0 Å². The first-order valence-corrected chi connectivity index (χ1v) is 6.50. The smallest absolute Gasteiger partial charge is 0.189 e. The summed E-state index contributed by atoms with van der Waals surface area (Å²) in [4.78, 5) is 16.3. The molecular formula is C17H17NO3. The monoisotopic (exact) mass is 283 g/mol. The summed E-state index contributed by atoms with van der Waals surface area (Å²) in [6.45, 7) is 1.86. The predicted molar refractivity (Wildman–Crippen MR) is 81.9 cm³/mol. The summed E-state index contributed by atoms with van der Waals surface area (Å²) >= 11 is 0. The highest BCUT2D eigenvalue weighted by molar-refractivity contribution is 6.09. The third kappa shape index (κ3) is 3.48. The number of allylic oxidation sites excluding steroid dienone is 1. The van der Waals surface area contributed by atoms with Crippen LogP contribution in [0.15, 0.2) is 42.7 Å². The van der Waals surface area contributed by atoms with Gasteiger partial charge in [0, 0.05) is 18.5 Å². The predicted octanol–water partition coefficient (Wildman–Crippen LogP) is 3.30. The largest absolute Gasteiger partial charge is 0.497 e. The van der Waals surface area contributed by atoms with Crippen LogP contribution in [0.5, 0.6) is 11.5 Å². The standard InChI is InChI=1S/C17H17NO3/c1-12-10-14(20-2)11-16(21-3)17(12)15(19)5-4-13-6-8-18-9-7-13/h4-11H,1-3H3/b5-4+. The molecule has 0 fully saturated rings. The van der Waals surface area contributed by atoms with E-state index in [0.717, 1.165) is 11.1 Å². The average Bonchev–Trinajstić information content (AvgIpc) is 2.52. The molecular weight excluding hydrogens is 266 g/mol. The van der Waals surface area contributed by atoms with Gasteiger partial charge in [-0.3, -0.25) is 9.78 Å². The van der Waals surface area contributed by atoms with Gasteiger partial charge >= 0.3 is 0 Å². The molecule has 4 heteroatoms. The van der Waals surface area contributed by atoms with Gasteiger partial charge in [0.15, 0.2) is 5.78 Å². The van der Waals surface area contributed by atoms with Crippen molar-refractivity contribution in [2.75, 3.05) is 14.2 Å². The quantitative estimate of drug-likeness (QED) is 0.624. The number of methoxy groups -OCH3 is 2. The van der Waals surface area contributed by atoms with Gasteiger partial charge in [-0.25, -0.2) is 0 Å². The van der Waals surface area contributed by atoms with Crippen molar-refractivity contribution in [2.45, 2.75) is 6.92 Å². The fraction of sp³-hybridized carbons (Fsp3) is 0.176. The molecule has 1 aromatic heterocycles. The molecule has 21 heavy (non-hydrogen) atoms. The van der Waals surface area contributed by atoms with Gasteiger partial charge in [0.2, 0.25) is 0 Å². The van der Waals surface area contributed by atoms with Gasteiger partial charge in [-0.2, -0.15) is 0 Å². The zero-order valence-corrected chi connectivity index (χ0v) is 12.3. The van der Waals surface area contributed by atoms with Crippen LogP contribution in [0.4, 0.5) is 0 Å². The molecule has 0 aliphatic rings. The molecule has 0 spiro atoms. The number of rotatable bonds is 5. The first kappa shape index (κ1) is 14.8. The Bertz CT molecular complexity index is 663. The minimum atomic E-state index is -0.108. The summed E-state index contributed by atoms with van der Waals surface area (Å²) in [7, 11) is 3.12. The van der Waals surface area contributed by atoms with Crippen LogP contribution in [0, 0.1) is 6.92 Å². The van der Waals surface area contributed by atoms with Crippen LogP contribution in [-0.4, -0.2) is 25.0 Å². The van der Waals surface area contributed by atoms with Crippen LogP contribution in [0.25, 0.3) is 6.08 Å². The number of aryl methyl sites for hydroxylation is 1. The Morgan fingerprint density at radius 2 is 1.86 bits per heavy atom. The van der Waals surface area contributed by atoms with Crippen molar-refractivity contribution < 1.29 is 14.3 Å². The number of nitrogens with zero attached hydrogens (tertiary/aromatic N) is 1. The SMILES string of the molecule is COc1cc(C)c(C(=O)/C=C/c2ccncc2)c(OC)c1. The molecule has 0 amide bonds. The molecule has 2 rings (SSSR count). The Morgan fingerprint density at radius 3 is 2.48 bits per heavy atom. The molecule has 0 N–H and O–H groups in total. The van der Waals surface area contributed by atoms with Crippen LogP contribution >= 0.6 is 0 Å². The molecule has 0 radical (unpaired) electrons. The van der Waals surface area contributed by atoms with E-state index in [-0.39, 0.29) is 5.78 Å². The van der Waals surface area contributed by atoms with E-state index >= 15 is 0 Å². The second-order valence-corrected chi connectivity index (χ2v) is 4.50. The Morgan fingerprint density at radius 1 is 1.14 bits per heavy atom. The Hall–Kier alpha value is -2.62. The Balaban J connectivity index is 2.33. The third-order valence-electron chi connectivity index (χ3n) is 3.11. The summed E-state index contributed by atoms with van der Waals surface area (Å²) < 4.78 is 10.5. The van der Waals surface area contributed by atoms with E-state index in [1.165, 1.54) is 13.2 Å². The minimum absolute atomic E-state index is 0.108. The Labute approximate surface area is 124 Å². The summed E-state index contributed by atoms with van der Waals surface area (Å²) in [6.07, 6.45) is 6.66. The fourth-order valence-electron chi connectivity index (χ4n) is 2.05. The van der Waals surface area contributed by atoms with Gasteiger partial charge in [0.25, 0.3) is 0 Å². The lowest BCUT2D eigenvalue weighted by molar-refractivity contribution is 0.104. The van der Waals surface area contributed by atoms with Gasteiger partial charge < -0.3 is 9.47 Å². The number of pyridine rings is 1. The van der Waals surface area contributed by atoms with E-state index in [4.69, 9.17) is 9.47 Å². The summed E-state index contributed by atoms with van der Waals surface area (Å²) in [5.41, 5.74) is 2.28. The molecule has 2 aromatic rings. The minimum Gasteiger partial charge on any atom is -0.497 e. The van der Waals surface area contributed by atoms with E-state index in [2.05, 4.69) is 4.98 Å². The first-order chi connectivity index (χ1) is 10.2. The van der Waals surface area contributed by atoms with Crippen LogP contribution in [0.2, 0.25) is 0 Å². The lowest BCUT2D eigenvalue weighted by Crippen LogP contribution is -2.03. The third-order valence-corrected chi connectivity index (χ3v) is 3.11.